The molecule has 8 atom stereocenters. The number of carbonyl (C=O) groups is 1. The fourth-order valence-corrected chi connectivity index (χ4v) is 8.10. The van der Waals surface area contributed by atoms with Crippen molar-refractivity contribution in [2.24, 2.45) is 40.9 Å². The lowest BCUT2D eigenvalue weighted by Gasteiger charge is -2.56. The number of nitriles is 1. The van der Waals surface area contributed by atoms with Crippen LogP contribution in [0.4, 0.5) is 0 Å². The summed E-state index contributed by atoms with van der Waals surface area (Å²) < 4.78 is 10.9. The summed E-state index contributed by atoms with van der Waals surface area (Å²) in [6, 6.07) is 2.05. The highest BCUT2D eigenvalue weighted by molar-refractivity contribution is 5.82. The molecule has 0 radical (unpaired) electrons. The number of rotatable bonds is 3. The highest BCUT2D eigenvalue weighted by Crippen LogP contribution is 2.64. The van der Waals surface area contributed by atoms with Crippen LogP contribution >= 0.6 is 0 Å². The lowest BCUT2D eigenvalue weighted by molar-refractivity contribution is -0.133. The molecular formula is C25H35N3O2. The van der Waals surface area contributed by atoms with Crippen LogP contribution in [0.3, 0.4) is 0 Å². The third-order valence-electron chi connectivity index (χ3n) is 9.43. The van der Waals surface area contributed by atoms with E-state index in [4.69, 9.17) is 5.26 Å². The summed E-state index contributed by atoms with van der Waals surface area (Å²) in [4.78, 5) is 13.4. The van der Waals surface area contributed by atoms with Crippen molar-refractivity contribution in [3.05, 3.63) is 18.0 Å². The normalized spacial score (nSPS) is 48.1. The van der Waals surface area contributed by atoms with E-state index >= 15 is 0 Å². The van der Waals surface area contributed by atoms with Crippen molar-refractivity contribution >= 4 is 5.78 Å². The van der Waals surface area contributed by atoms with Crippen molar-refractivity contribution in [3.63, 3.8) is 0 Å². The zero-order valence-corrected chi connectivity index (χ0v) is 18.3. The summed E-state index contributed by atoms with van der Waals surface area (Å²) in [5, 5.41) is 23.8. The summed E-state index contributed by atoms with van der Waals surface area (Å²) >= 11 is 0. The molecule has 1 aromatic heterocycles. The van der Waals surface area contributed by atoms with Crippen LogP contribution in [0.15, 0.2) is 12.4 Å². The lowest BCUT2D eigenvalue weighted by atomic mass is 9.49. The number of aliphatic hydroxyl groups is 1. The minimum absolute atomic E-state index is 0.0501. The molecule has 1 aromatic rings. The van der Waals surface area contributed by atoms with Crippen LogP contribution in [-0.4, -0.2) is 26.3 Å². The third-order valence-corrected chi connectivity index (χ3v) is 9.43. The minimum atomic E-state index is -1.06. The van der Waals surface area contributed by atoms with Gasteiger partial charge >= 0.3 is 0 Å². The Kier molecular flexibility index (Phi) is 4.57. The zero-order chi connectivity index (χ0) is 22.0. The second-order valence-corrected chi connectivity index (χ2v) is 11.1. The van der Waals surface area contributed by atoms with Gasteiger partial charge in [-0.15, -0.1) is 0 Å². The molecule has 1 N–H and O–H groups in total. The number of nitrogens with zero attached hydrogens (tertiary/aromatic N) is 3. The maximum Gasteiger partial charge on any atom is 0.157 e. The van der Waals surface area contributed by atoms with E-state index in [9.17, 15) is 11.3 Å². The molecular weight excluding hydrogens is 374 g/mol. The molecule has 5 rings (SSSR count). The number of hydrogen-bond donors (Lipinski definition) is 1. The van der Waals surface area contributed by atoms with Crippen LogP contribution < -0.4 is 0 Å². The second-order valence-electron chi connectivity index (χ2n) is 11.1. The van der Waals surface area contributed by atoms with Gasteiger partial charge in [-0.3, -0.25) is 9.48 Å². The van der Waals surface area contributed by atoms with Crippen molar-refractivity contribution in [3.8, 4) is 6.07 Å². The molecule has 0 unspecified atom stereocenters. The van der Waals surface area contributed by atoms with E-state index in [0.717, 1.165) is 38.5 Å². The Balaban J connectivity index is 1.35. The smallest absolute Gasteiger partial charge is 0.157 e. The van der Waals surface area contributed by atoms with Gasteiger partial charge in [-0.1, -0.05) is 6.92 Å². The Morgan fingerprint density at radius 1 is 1.23 bits per heavy atom. The van der Waals surface area contributed by atoms with Gasteiger partial charge in [-0.2, -0.15) is 10.4 Å². The molecule has 5 nitrogen and oxygen atoms in total. The van der Waals surface area contributed by atoms with E-state index in [0.29, 0.717) is 41.6 Å². The van der Waals surface area contributed by atoms with Crippen LogP contribution in [0.25, 0.3) is 0 Å². The Morgan fingerprint density at radius 3 is 2.80 bits per heavy atom. The molecule has 162 valence electrons. The standard InChI is InChI=1S/C25H35N3O2/c1-24(30)9-7-18-17(11-24)3-4-20-19(18)8-10-25(2)21(20)5-6-22(25)23(29)15-28-14-16(12-26)13-27-28/h13-14,17-22,30H,3-11,15H2,1-2H3/t17-,18+,19-,20-,21+,22-,24-,25+/m1/s1/i22D. The van der Waals surface area contributed by atoms with E-state index in [1.807, 2.05) is 6.92 Å². The first-order valence-electron chi connectivity index (χ1n) is 12.4. The second kappa shape index (κ2) is 7.19. The largest absolute Gasteiger partial charge is 0.390 e. The first kappa shape index (κ1) is 19.0. The Morgan fingerprint density at radius 2 is 2.03 bits per heavy atom. The van der Waals surface area contributed by atoms with Crippen molar-refractivity contribution in [2.45, 2.75) is 83.8 Å². The summed E-state index contributed by atoms with van der Waals surface area (Å²) in [7, 11) is 0. The van der Waals surface area contributed by atoms with Crippen LogP contribution in [-0.2, 0) is 11.3 Å². The van der Waals surface area contributed by atoms with Gasteiger partial charge in [0.25, 0.3) is 0 Å². The minimum Gasteiger partial charge on any atom is -0.390 e. The number of fused-ring (bicyclic) bond motifs is 5. The van der Waals surface area contributed by atoms with Crippen molar-refractivity contribution in [1.82, 2.24) is 9.78 Å². The Labute approximate surface area is 181 Å². The van der Waals surface area contributed by atoms with Crippen LogP contribution in [0.5, 0.6) is 0 Å². The van der Waals surface area contributed by atoms with Gasteiger partial charge in [-0.25, -0.2) is 0 Å². The lowest BCUT2D eigenvalue weighted by Crippen LogP contribution is -2.51. The molecule has 0 aromatic carbocycles. The van der Waals surface area contributed by atoms with Gasteiger partial charge in [-0.05, 0) is 99.7 Å². The van der Waals surface area contributed by atoms with Gasteiger partial charge in [0, 0.05) is 13.5 Å². The number of hydrogen-bond acceptors (Lipinski definition) is 4. The zero-order valence-electron chi connectivity index (χ0n) is 19.3. The molecule has 0 amide bonds. The maximum atomic E-state index is 13.4. The van der Waals surface area contributed by atoms with Gasteiger partial charge in [0.15, 0.2) is 5.78 Å². The summed E-state index contributed by atoms with van der Waals surface area (Å²) in [5.41, 5.74) is -0.319. The summed E-state index contributed by atoms with van der Waals surface area (Å²) in [6.07, 6.45) is 12.2. The van der Waals surface area contributed by atoms with Crippen LogP contribution in [0.1, 0.15) is 78.6 Å². The molecule has 1 heterocycles. The van der Waals surface area contributed by atoms with E-state index in [1.165, 1.54) is 23.7 Å². The topological polar surface area (TPSA) is 78.9 Å². The molecule has 4 fully saturated rings. The van der Waals surface area contributed by atoms with E-state index in [1.54, 1.807) is 6.20 Å². The molecule has 4 aliphatic carbocycles. The highest BCUT2D eigenvalue weighted by atomic mass is 16.3. The number of ketones is 1. The molecule has 5 heteroatoms. The van der Waals surface area contributed by atoms with Crippen LogP contribution in [0, 0.1) is 52.2 Å². The van der Waals surface area contributed by atoms with Gasteiger partial charge in [0.05, 0.1) is 23.9 Å². The third kappa shape index (κ3) is 3.23. The molecule has 0 spiro atoms. The maximum absolute atomic E-state index is 13.4. The van der Waals surface area contributed by atoms with Crippen molar-refractivity contribution < 1.29 is 11.3 Å². The quantitative estimate of drug-likeness (QED) is 0.804. The molecule has 4 saturated carbocycles. The summed E-state index contributed by atoms with van der Waals surface area (Å²) in [6.45, 7) is 4.30. The van der Waals surface area contributed by atoms with Gasteiger partial charge in [0.2, 0.25) is 0 Å². The van der Waals surface area contributed by atoms with Crippen molar-refractivity contribution in [2.75, 3.05) is 0 Å². The predicted octanol–water partition coefficient (Wildman–Crippen LogP) is 4.34. The fraction of sp³-hybridized carbons (Fsp3) is 0.800. The Hall–Kier alpha value is -1.67. The molecule has 30 heavy (non-hydrogen) atoms. The van der Waals surface area contributed by atoms with E-state index < -0.39 is 11.5 Å². The van der Waals surface area contributed by atoms with E-state index in [-0.39, 0.29) is 17.7 Å². The fourth-order valence-electron chi connectivity index (χ4n) is 8.10. The molecule has 0 aliphatic heterocycles. The molecule has 0 bridgehead atoms. The van der Waals surface area contributed by atoms with Crippen LogP contribution in [0.2, 0.25) is 0 Å². The average molecular weight is 411 g/mol. The number of aromatic nitrogens is 2. The summed E-state index contributed by atoms with van der Waals surface area (Å²) in [5.74, 6) is 2.02. The number of Topliss-reactive ketones (excluding diaryl/α,β-unsaturated/α-hetero) is 1. The SMILES string of the molecule is [2H][C@]1(C(=O)Cn2cc(C#N)cn2)CC[C@H]2[C@@H]3CC[C@@H]4C[C@](C)(O)CC[C@@H]4[C@H]3CC[C@@]21C. The average Bonchev–Trinajstić information content (AvgIpc) is 3.29. The molecule has 0 saturated heterocycles. The monoisotopic (exact) mass is 410 g/mol. The van der Waals surface area contributed by atoms with Gasteiger partial charge in [0.1, 0.15) is 6.07 Å². The Bertz CT molecular complexity index is 920. The first-order valence-corrected chi connectivity index (χ1v) is 11.9. The first-order chi connectivity index (χ1) is 14.7. The van der Waals surface area contributed by atoms with Crippen molar-refractivity contribution in [1.29, 1.82) is 5.26 Å². The van der Waals surface area contributed by atoms with E-state index in [2.05, 4.69) is 18.1 Å². The molecule has 4 aliphatic rings. The highest BCUT2D eigenvalue weighted by Gasteiger charge is 2.58. The number of carbonyl (C=O) groups excluding carboxylic acids is 1. The predicted molar refractivity (Wildman–Crippen MR) is 113 cm³/mol. The van der Waals surface area contributed by atoms with Gasteiger partial charge < -0.3 is 5.11 Å².